The molecule has 4 rings (SSSR count). The number of carboxylic acids is 1. The molecule has 0 saturated carbocycles. The summed E-state index contributed by atoms with van der Waals surface area (Å²) in [6, 6.07) is 1.58. The molecule has 13 unspecified atom stereocenters. The van der Waals surface area contributed by atoms with E-state index in [4.69, 9.17) is 30.1 Å². The van der Waals surface area contributed by atoms with Gasteiger partial charge in [0.25, 0.3) is 5.91 Å². The summed E-state index contributed by atoms with van der Waals surface area (Å²) in [6.45, 7) is 15.3. The number of ether oxygens (including phenoxy) is 4. The van der Waals surface area contributed by atoms with Crippen molar-refractivity contribution >= 4 is 53.3 Å². The summed E-state index contributed by atoms with van der Waals surface area (Å²) in [6.07, 6.45) is -12.9. The number of hydrogen-bond acceptors (Lipinski definition) is 17. The van der Waals surface area contributed by atoms with Gasteiger partial charge in [0.2, 0.25) is 35.4 Å². The largest absolute Gasteiger partial charge is 0.481 e. The Bertz CT molecular complexity index is 2360. The average molecular weight is 1180 g/mol. The molecule has 27 nitrogen and oxygen atoms in total. The number of nitrogens with one attached hydrogen (secondary N) is 9. The van der Waals surface area contributed by atoms with Crippen molar-refractivity contribution in [1.82, 2.24) is 42.5 Å². The molecule has 7 amide bonds. The first kappa shape index (κ1) is 69.4. The first-order valence-corrected chi connectivity index (χ1v) is 28.8. The van der Waals surface area contributed by atoms with Gasteiger partial charge in [-0.15, -0.1) is 0 Å². The van der Waals surface area contributed by atoms with Gasteiger partial charge in [-0.1, -0.05) is 85.2 Å². The highest BCUT2D eigenvalue weighted by molar-refractivity contribution is 5.98. The summed E-state index contributed by atoms with van der Waals surface area (Å²) in [5.41, 5.74) is 4.39. The lowest BCUT2D eigenvalue weighted by Gasteiger charge is -2.54. The molecule has 3 saturated heterocycles. The topological polar surface area (TPSA) is 421 Å². The minimum atomic E-state index is -1.89. The highest BCUT2D eigenvalue weighted by Crippen LogP contribution is 2.44. The number of aliphatic hydroxyl groups is 4. The molecule has 3 aliphatic heterocycles. The van der Waals surface area contributed by atoms with Crippen molar-refractivity contribution in [3.63, 3.8) is 0 Å². The SMILES string of the molecule is CCC(C)C(C)(CC)[C@@H]1OC(CO)C(O)[C@@H](O[C@@H]2OC(C(=O)NCCCCC3NC(=O)C(CCCNC(=N)N)NC(=O)CNC(=O)C(CC(=O)O)NC(=O)C(Cc4ccccc4)NC3=O)[C@@H](OC(C)(CC)C(C)C)C(O)C2O)C1NC(C)=O. The summed E-state index contributed by atoms with van der Waals surface area (Å²) in [4.78, 5) is 108. The summed E-state index contributed by atoms with van der Waals surface area (Å²) >= 11 is 0. The van der Waals surface area contributed by atoms with Crippen LogP contribution < -0.4 is 48.3 Å². The number of rotatable bonds is 26. The number of benzene rings is 1. The van der Waals surface area contributed by atoms with E-state index in [0.717, 1.165) is 0 Å². The molecule has 0 bridgehead atoms. The number of carbonyl (C=O) groups is 8. The maximum Gasteiger partial charge on any atom is 0.305 e. The number of aliphatic carboxylic acids is 1. The van der Waals surface area contributed by atoms with Crippen LogP contribution >= 0.6 is 0 Å². The van der Waals surface area contributed by atoms with Crippen molar-refractivity contribution in [2.45, 2.75) is 217 Å². The van der Waals surface area contributed by atoms with Gasteiger partial charge < -0.3 is 92.7 Å². The number of nitrogens with two attached hydrogens (primary N) is 1. The number of amides is 7. The van der Waals surface area contributed by atoms with E-state index in [9.17, 15) is 63.9 Å². The minimum Gasteiger partial charge on any atom is -0.481 e. The van der Waals surface area contributed by atoms with Gasteiger partial charge >= 0.3 is 5.97 Å². The highest BCUT2D eigenvalue weighted by atomic mass is 16.7. The standard InChI is InChI=1S/C56H92N10O17/c1-10-30(6)55(8,11-2)47-40(62-31(7)68)44(41(72)37(28-67)80-47)81-53-43(74)42(73)45(83-56(9,12-3)29(4)5)46(82-53)52(79)59-23-17-16-21-34-50(77)65-35(25-32-19-14-13-15-20-32)51(78)66-36(26-39(70)71)48(75)61-27-38(69)63-33(49(76)64-34)22-18-24-60-54(57)58/h13-15,19-20,29-30,33-37,40-47,53,67,72-74H,10-12,16-18,21-28H2,1-9H3,(H,59,79)(H,61,75)(H,62,68)(H,63,69)(H,64,76)(H,65,77)(H,66,78)(H,70,71)(H4,57,58,60)/t30?,33?,34?,35?,36?,37?,40?,41?,42?,43?,44-,45-,46?,47+,53+,55?,56?/m0/s1. The van der Waals surface area contributed by atoms with Crippen LogP contribution in [0.3, 0.4) is 0 Å². The Labute approximate surface area is 485 Å². The number of hydrogen-bond donors (Lipinski definition) is 15. The minimum absolute atomic E-state index is 0.000654. The molecule has 1 aromatic rings. The smallest absolute Gasteiger partial charge is 0.305 e. The van der Waals surface area contributed by atoms with Crippen LogP contribution in [0.4, 0.5) is 0 Å². The van der Waals surface area contributed by atoms with Gasteiger partial charge in [0.1, 0.15) is 60.8 Å². The molecule has 0 radical (unpaired) electrons. The fourth-order valence-corrected chi connectivity index (χ4v) is 10.6. The van der Waals surface area contributed by atoms with Gasteiger partial charge in [-0.3, -0.25) is 43.8 Å². The predicted octanol–water partition coefficient (Wildman–Crippen LogP) is -1.55. The average Bonchev–Trinajstić information content (AvgIpc) is 1.94. The van der Waals surface area contributed by atoms with E-state index in [1.807, 2.05) is 48.5 Å². The molecule has 3 aliphatic rings. The third-order valence-corrected chi connectivity index (χ3v) is 16.7. The Kier molecular flexibility index (Phi) is 27.0. The zero-order chi connectivity index (χ0) is 61.9. The third-order valence-electron chi connectivity index (χ3n) is 16.7. The van der Waals surface area contributed by atoms with E-state index in [0.29, 0.717) is 24.8 Å². The molecule has 0 aromatic heterocycles. The number of aliphatic hydroxyl groups excluding tert-OH is 4. The number of guanidine groups is 1. The second kappa shape index (κ2) is 32.3. The summed E-state index contributed by atoms with van der Waals surface area (Å²) < 4.78 is 25.6. The van der Waals surface area contributed by atoms with Crippen LogP contribution in [0.15, 0.2) is 30.3 Å². The van der Waals surface area contributed by atoms with Gasteiger partial charge in [0.05, 0.1) is 37.3 Å². The lowest BCUT2D eigenvalue weighted by molar-refractivity contribution is -0.340. The van der Waals surface area contributed by atoms with Crippen LogP contribution in [0.25, 0.3) is 0 Å². The van der Waals surface area contributed by atoms with Crippen LogP contribution in [0.2, 0.25) is 0 Å². The second-order valence-corrected chi connectivity index (χ2v) is 22.7. The summed E-state index contributed by atoms with van der Waals surface area (Å²) in [5, 5.41) is 84.0. The predicted molar refractivity (Wildman–Crippen MR) is 300 cm³/mol. The Morgan fingerprint density at radius 2 is 1.39 bits per heavy atom. The van der Waals surface area contributed by atoms with E-state index >= 15 is 0 Å². The molecule has 0 spiro atoms. The van der Waals surface area contributed by atoms with Crippen molar-refractivity contribution in [3.8, 4) is 0 Å². The zero-order valence-corrected chi connectivity index (χ0v) is 49.2. The molecule has 1 aromatic carbocycles. The van der Waals surface area contributed by atoms with Crippen LogP contribution in [0.5, 0.6) is 0 Å². The molecular weight excluding hydrogens is 1080 g/mol. The Morgan fingerprint density at radius 1 is 0.783 bits per heavy atom. The highest BCUT2D eigenvalue weighted by Gasteiger charge is 2.57. The third kappa shape index (κ3) is 19.2. The first-order valence-electron chi connectivity index (χ1n) is 28.8. The van der Waals surface area contributed by atoms with Gasteiger partial charge in [0.15, 0.2) is 18.4 Å². The molecular formula is C56H92N10O17. The molecule has 17 atom stereocenters. The van der Waals surface area contributed by atoms with Crippen molar-refractivity contribution in [3.05, 3.63) is 35.9 Å². The molecule has 468 valence electrons. The Hall–Kier alpha value is -6.07. The number of carboxylic acid groups (broad SMARTS) is 1. The monoisotopic (exact) mass is 1180 g/mol. The molecule has 3 fully saturated rings. The fraction of sp³-hybridized carbons (Fsp3) is 0.732. The van der Waals surface area contributed by atoms with Crippen LogP contribution in [-0.4, -0.2) is 196 Å². The van der Waals surface area contributed by atoms with Gasteiger partial charge in [0, 0.05) is 26.4 Å². The zero-order valence-electron chi connectivity index (χ0n) is 49.2. The van der Waals surface area contributed by atoms with Crippen molar-refractivity contribution < 1.29 is 82.8 Å². The quantitative estimate of drug-likeness (QED) is 0.0284. The van der Waals surface area contributed by atoms with E-state index < -0.39 is 163 Å². The summed E-state index contributed by atoms with van der Waals surface area (Å²) in [7, 11) is 0. The molecule has 0 aliphatic carbocycles. The number of unbranched alkanes of at least 4 members (excludes halogenated alkanes) is 1. The van der Waals surface area contributed by atoms with E-state index in [-0.39, 0.29) is 69.4 Å². The Balaban J connectivity index is 1.66. The van der Waals surface area contributed by atoms with Gasteiger partial charge in [-0.25, -0.2) is 0 Å². The normalized spacial score (nSPS) is 30.3. The first-order chi connectivity index (χ1) is 39.1. The molecule has 83 heavy (non-hydrogen) atoms. The van der Waals surface area contributed by atoms with E-state index in [1.165, 1.54) is 6.92 Å². The van der Waals surface area contributed by atoms with Crippen molar-refractivity contribution in [2.75, 3.05) is 26.2 Å². The van der Waals surface area contributed by atoms with Gasteiger partial charge in [-0.2, -0.15) is 0 Å². The maximum absolute atomic E-state index is 14.5. The molecule has 27 heteroatoms. The second-order valence-electron chi connectivity index (χ2n) is 22.7. The van der Waals surface area contributed by atoms with E-state index in [2.05, 4.69) is 42.5 Å². The fourth-order valence-electron chi connectivity index (χ4n) is 10.6. The lowest BCUT2D eigenvalue weighted by Crippen LogP contribution is -2.71. The Morgan fingerprint density at radius 3 is 1.96 bits per heavy atom. The summed E-state index contributed by atoms with van der Waals surface area (Å²) in [5.74, 6) is -7.77. The maximum atomic E-state index is 14.5. The number of carbonyl (C=O) groups excluding carboxylic acids is 7. The van der Waals surface area contributed by atoms with Crippen molar-refractivity contribution in [2.24, 2.45) is 23.0 Å². The van der Waals surface area contributed by atoms with Crippen molar-refractivity contribution in [1.29, 1.82) is 5.41 Å². The molecule has 3 heterocycles. The van der Waals surface area contributed by atoms with E-state index in [1.54, 1.807) is 37.3 Å². The molecule has 16 N–H and O–H groups in total. The lowest BCUT2D eigenvalue weighted by atomic mass is 9.66. The van der Waals surface area contributed by atoms with Crippen LogP contribution in [0.1, 0.15) is 126 Å². The van der Waals surface area contributed by atoms with Crippen LogP contribution in [-0.2, 0) is 63.7 Å². The van der Waals surface area contributed by atoms with Gasteiger partial charge in [-0.05, 0) is 74.7 Å². The van der Waals surface area contributed by atoms with Crippen LogP contribution in [0, 0.1) is 22.7 Å².